The van der Waals surface area contributed by atoms with E-state index in [-0.39, 0.29) is 0 Å². The van der Waals surface area contributed by atoms with E-state index in [1.54, 1.807) is 0 Å². The Morgan fingerprint density at radius 3 is 2.61 bits per heavy atom. The summed E-state index contributed by atoms with van der Waals surface area (Å²) in [6.45, 7) is 5.98. The Morgan fingerprint density at radius 2 is 2.00 bits per heavy atom. The molecule has 18 heavy (non-hydrogen) atoms. The SMILES string of the molecule is CC(C)OCCSc1ccc(CNC2CC2)cc1. The Bertz CT molecular complexity index is 346. The first kappa shape index (κ1) is 13.9. The van der Waals surface area contributed by atoms with Crippen molar-refractivity contribution in [3.8, 4) is 0 Å². The summed E-state index contributed by atoms with van der Waals surface area (Å²) in [5.41, 5.74) is 1.38. The van der Waals surface area contributed by atoms with Crippen molar-refractivity contribution in [1.29, 1.82) is 0 Å². The molecule has 0 atom stereocenters. The molecule has 0 aromatic heterocycles. The van der Waals surface area contributed by atoms with Crippen molar-refractivity contribution >= 4 is 11.8 Å². The minimum Gasteiger partial charge on any atom is -0.378 e. The van der Waals surface area contributed by atoms with E-state index in [1.807, 2.05) is 11.8 Å². The lowest BCUT2D eigenvalue weighted by Gasteiger charge is -2.07. The molecule has 1 fully saturated rings. The molecule has 0 amide bonds. The number of hydrogen-bond acceptors (Lipinski definition) is 3. The number of thioether (sulfide) groups is 1. The van der Waals surface area contributed by atoms with Gasteiger partial charge in [-0.05, 0) is 44.4 Å². The van der Waals surface area contributed by atoms with Crippen LogP contribution in [0.5, 0.6) is 0 Å². The number of ether oxygens (including phenoxy) is 1. The standard InChI is InChI=1S/C15H23NOS/c1-12(2)17-9-10-18-15-7-3-13(4-8-15)11-16-14-5-6-14/h3-4,7-8,12,14,16H,5-6,9-11H2,1-2H3. The largest absolute Gasteiger partial charge is 0.378 e. The quantitative estimate of drug-likeness (QED) is 0.574. The zero-order valence-corrected chi connectivity index (χ0v) is 12.1. The van der Waals surface area contributed by atoms with Gasteiger partial charge in [-0.25, -0.2) is 0 Å². The van der Waals surface area contributed by atoms with Crippen LogP contribution in [0.4, 0.5) is 0 Å². The normalized spacial score (nSPS) is 15.3. The topological polar surface area (TPSA) is 21.3 Å². The van der Waals surface area contributed by atoms with E-state index in [9.17, 15) is 0 Å². The van der Waals surface area contributed by atoms with Gasteiger partial charge in [0.2, 0.25) is 0 Å². The molecular weight excluding hydrogens is 242 g/mol. The van der Waals surface area contributed by atoms with Crippen LogP contribution in [-0.4, -0.2) is 24.5 Å². The molecule has 1 N–H and O–H groups in total. The molecule has 2 nitrogen and oxygen atoms in total. The third-order valence-corrected chi connectivity index (χ3v) is 3.88. The summed E-state index contributed by atoms with van der Waals surface area (Å²) in [6, 6.07) is 9.66. The first-order chi connectivity index (χ1) is 8.74. The number of nitrogens with one attached hydrogen (secondary N) is 1. The Labute approximate surface area is 114 Å². The van der Waals surface area contributed by atoms with Crippen LogP contribution in [0.25, 0.3) is 0 Å². The fraction of sp³-hybridized carbons (Fsp3) is 0.600. The summed E-state index contributed by atoms with van der Waals surface area (Å²) in [5, 5.41) is 3.53. The van der Waals surface area contributed by atoms with E-state index in [4.69, 9.17) is 4.74 Å². The van der Waals surface area contributed by atoms with Gasteiger partial charge in [0.25, 0.3) is 0 Å². The second kappa shape index (κ2) is 7.17. The van der Waals surface area contributed by atoms with Gasteiger partial charge in [-0.1, -0.05) is 12.1 Å². The van der Waals surface area contributed by atoms with Crippen LogP contribution in [0.1, 0.15) is 32.3 Å². The second-order valence-corrected chi connectivity index (χ2v) is 6.24. The van der Waals surface area contributed by atoms with Crippen molar-refractivity contribution in [1.82, 2.24) is 5.32 Å². The summed E-state index contributed by atoms with van der Waals surface area (Å²) in [7, 11) is 0. The van der Waals surface area contributed by atoms with Crippen LogP contribution in [0, 0.1) is 0 Å². The minimum atomic E-state index is 0.335. The average Bonchev–Trinajstić information content (AvgIpc) is 3.17. The smallest absolute Gasteiger partial charge is 0.0563 e. The van der Waals surface area contributed by atoms with Crippen molar-refractivity contribution in [3.63, 3.8) is 0 Å². The first-order valence-electron chi connectivity index (χ1n) is 6.81. The molecule has 0 aliphatic heterocycles. The van der Waals surface area contributed by atoms with Crippen LogP contribution in [0.15, 0.2) is 29.2 Å². The fourth-order valence-electron chi connectivity index (χ4n) is 1.70. The van der Waals surface area contributed by atoms with Crippen molar-refractivity contribution in [2.75, 3.05) is 12.4 Å². The van der Waals surface area contributed by atoms with Crippen molar-refractivity contribution in [3.05, 3.63) is 29.8 Å². The van der Waals surface area contributed by atoms with E-state index in [0.717, 1.165) is 24.9 Å². The van der Waals surface area contributed by atoms with Gasteiger partial charge >= 0.3 is 0 Å². The predicted octanol–water partition coefficient (Wildman–Crippen LogP) is 3.46. The van der Waals surface area contributed by atoms with Gasteiger partial charge in [0, 0.05) is 23.2 Å². The summed E-state index contributed by atoms with van der Waals surface area (Å²) in [6.07, 6.45) is 3.04. The van der Waals surface area contributed by atoms with E-state index >= 15 is 0 Å². The predicted molar refractivity (Wildman–Crippen MR) is 78.1 cm³/mol. The molecule has 1 aliphatic carbocycles. The third-order valence-electron chi connectivity index (χ3n) is 2.90. The number of rotatable bonds is 8. The highest BCUT2D eigenvalue weighted by Crippen LogP contribution is 2.21. The van der Waals surface area contributed by atoms with Gasteiger partial charge in [0.15, 0.2) is 0 Å². The molecule has 0 saturated heterocycles. The van der Waals surface area contributed by atoms with Crippen LogP contribution in [0.3, 0.4) is 0 Å². The summed E-state index contributed by atoms with van der Waals surface area (Å²) >= 11 is 1.86. The van der Waals surface area contributed by atoms with E-state index in [1.165, 1.54) is 23.3 Å². The lowest BCUT2D eigenvalue weighted by Crippen LogP contribution is -2.15. The molecule has 0 spiro atoms. The van der Waals surface area contributed by atoms with E-state index in [2.05, 4.69) is 43.4 Å². The molecule has 1 saturated carbocycles. The second-order valence-electron chi connectivity index (χ2n) is 5.07. The van der Waals surface area contributed by atoms with Gasteiger partial charge in [0.1, 0.15) is 0 Å². The summed E-state index contributed by atoms with van der Waals surface area (Å²) < 4.78 is 5.53. The molecule has 0 heterocycles. The maximum atomic E-state index is 5.53. The molecule has 0 bridgehead atoms. The molecule has 1 aliphatic rings. The zero-order valence-electron chi connectivity index (χ0n) is 11.3. The van der Waals surface area contributed by atoms with Crippen molar-refractivity contribution in [2.24, 2.45) is 0 Å². The van der Waals surface area contributed by atoms with Gasteiger partial charge in [0.05, 0.1) is 12.7 Å². The lowest BCUT2D eigenvalue weighted by atomic mass is 10.2. The highest BCUT2D eigenvalue weighted by molar-refractivity contribution is 7.99. The Kier molecular flexibility index (Phi) is 5.54. The highest BCUT2D eigenvalue weighted by Gasteiger charge is 2.19. The number of benzene rings is 1. The van der Waals surface area contributed by atoms with E-state index in [0.29, 0.717) is 6.10 Å². The molecule has 0 radical (unpaired) electrons. The lowest BCUT2D eigenvalue weighted by molar-refractivity contribution is 0.0920. The van der Waals surface area contributed by atoms with Gasteiger partial charge in [-0.2, -0.15) is 0 Å². The third kappa shape index (κ3) is 5.42. The Balaban J connectivity index is 1.66. The minimum absolute atomic E-state index is 0.335. The van der Waals surface area contributed by atoms with Crippen LogP contribution in [0.2, 0.25) is 0 Å². The van der Waals surface area contributed by atoms with Gasteiger partial charge in [-0.15, -0.1) is 11.8 Å². The maximum Gasteiger partial charge on any atom is 0.0563 e. The summed E-state index contributed by atoms with van der Waals surface area (Å²) in [4.78, 5) is 1.33. The van der Waals surface area contributed by atoms with Crippen molar-refractivity contribution < 1.29 is 4.74 Å². The van der Waals surface area contributed by atoms with Crippen LogP contribution in [-0.2, 0) is 11.3 Å². The molecule has 100 valence electrons. The van der Waals surface area contributed by atoms with Crippen LogP contribution >= 0.6 is 11.8 Å². The first-order valence-corrected chi connectivity index (χ1v) is 7.79. The van der Waals surface area contributed by atoms with Gasteiger partial charge in [-0.3, -0.25) is 0 Å². The van der Waals surface area contributed by atoms with Crippen molar-refractivity contribution in [2.45, 2.75) is 50.3 Å². The molecule has 0 unspecified atom stereocenters. The van der Waals surface area contributed by atoms with Gasteiger partial charge < -0.3 is 10.1 Å². The van der Waals surface area contributed by atoms with E-state index < -0.39 is 0 Å². The number of hydrogen-bond donors (Lipinski definition) is 1. The molecule has 1 aromatic rings. The Morgan fingerprint density at radius 1 is 1.28 bits per heavy atom. The molecule has 1 aromatic carbocycles. The molecular formula is C15H23NOS. The molecule has 2 rings (SSSR count). The molecule has 3 heteroatoms. The zero-order chi connectivity index (χ0) is 12.8. The summed E-state index contributed by atoms with van der Waals surface area (Å²) in [5.74, 6) is 1.03. The Hall–Kier alpha value is -0.510. The van der Waals surface area contributed by atoms with Crippen LogP contribution < -0.4 is 5.32 Å². The monoisotopic (exact) mass is 265 g/mol. The fourth-order valence-corrected chi connectivity index (χ4v) is 2.44. The average molecular weight is 265 g/mol. The maximum absolute atomic E-state index is 5.53. The highest BCUT2D eigenvalue weighted by atomic mass is 32.2.